The van der Waals surface area contributed by atoms with E-state index >= 15 is 0 Å². The van der Waals surface area contributed by atoms with E-state index in [4.69, 9.17) is 11.6 Å². The summed E-state index contributed by atoms with van der Waals surface area (Å²) in [5.41, 5.74) is 4.26. The first-order valence-electron chi connectivity index (χ1n) is 8.85. The van der Waals surface area contributed by atoms with E-state index < -0.39 is 16.1 Å². The van der Waals surface area contributed by atoms with Gasteiger partial charge in [0.15, 0.2) is 0 Å². The molecule has 2 aromatic carbocycles. The Balaban J connectivity index is 1.85. The molecule has 1 aliphatic heterocycles. The van der Waals surface area contributed by atoms with E-state index in [1.807, 2.05) is 45.9 Å². The largest absolute Gasteiger partial charge is 0.591 e. The Morgan fingerprint density at radius 1 is 1.19 bits per heavy atom. The molecule has 1 unspecified atom stereocenters. The molecule has 0 bridgehead atoms. The molecule has 3 rings (SSSR count). The first-order chi connectivity index (χ1) is 12.7. The van der Waals surface area contributed by atoms with Crippen molar-refractivity contribution in [3.05, 3.63) is 64.2 Å². The van der Waals surface area contributed by atoms with Crippen molar-refractivity contribution >= 4 is 40.3 Å². The standard InChI is InChI=1S/C21H23ClN2O2S/c1-14(23-27(26)21(2,3)4)15-8-9-19-16(12-15)10-11-24(19)20(25)17-6-5-7-18(22)13-17/h5-9,12-13H,10-11H2,1-4H3. The highest BCUT2D eigenvalue weighted by Gasteiger charge is 2.28. The molecule has 0 N–H and O–H groups in total. The van der Waals surface area contributed by atoms with Crippen LogP contribution in [0.1, 0.15) is 49.2 Å². The maximum Gasteiger partial charge on any atom is 0.258 e. The van der Waals surface area contributed by atoms with Gasteiger partial charge in [0.1, 0.15) is 16.1 Å². The van der Waals surface area contributed by atoms with Crippen LogP contribution in [0, 0.1) is 0 Å². The fraction of sp³-hybridized carbons (Fsp3) is 0.333. The number of carbonyl (C=O) groups excluding carboxylic acids is 1. The molecular weight excluding hydrogens is 380 g/mol. The van der Waals surface area contributed by atoms with Gasteiger partial charge < -0.3 is 9.45 Å². The molecule has 2 aromatic rings. The molecule has 0 radical (unpaired) electrons. The van der Waals surface area contributed by atoms with E-state index in [0.29, 0.717) is 17.1 Å². The molecule has 0 aromatic heterocycles. The van der Waals surface area contributed by atoms with Gasteiger partial charge in [-0.1, -0.05) is 28.1 Å². The Kier molecular flexibility index (Phi) is 5.65. The molecule has 1 atom stereocenters. The summed E-state index contributed by atoms with van der Waals surface area (Å²) in [6, 6.07) is 12.9. The predicted octanol–water partition coefficient (Wildman–Crippen LogP) is 4.81. The topological polar surface area (TPSA) is 55.7 Å². The summed E-state index contributed by atoms with van der Waals surface area (Å²) in [5.74, 6) is -0.0526. The summed E-state index contributed by atoms with van der Waals surface area (Å²) < 4.78 is 16.2. The zero-order valence-electron chi connectivity index (χ0n) is 16.0. The summed E-state index contributed by atoms with van der Waals surface area (Å²) in [6.45, 7) is 8.22. The van der Waals surface area contributed by atoms with Gasteiger partial charge in [-0.2, -0.15) is 0 Å². The van der Waals surface area contributed by atoms with Crippen LogP contribution in [0.25, 0.3) is 0 Å². The third kappa shape index (κ3) is 4.37. The van der Waals surface area contributed by atoms with E-state index in [1.165, 1.54) is 0 Å². The Bertz CT molecular complexity index is 905. The first-order valence-corrected chi connectivity index (χ1v) is 10.3. The van der Waals surface area contributed by atoms with Crippen LogP contribution in [0.5, 0.6) is 0 Å². The maximum atomic E-state index is 12.8. The number of fused-ring (bicyclic) bond motifs is 1. The van der Waals surface area contributed by atoms with Gasteiger partial charge in [0, 0.05) is 28.4 Å². The van der Waals surface area contributed by atoms with Crippen molar-refractivity contribution in [1.82, 2.24) is 0 Å². The molecular formula is C21H23ClN2O2S. The highest BCUT2D eigenvalue weighted by Crippen LogP contribution is 2.31. The van der Waals surface area contributed by atoms with E-state index in [-0.39, 0.29) is 5.91 Å². The van der Waals surface area contributed by atoms with Gasteiger partial charge in [-0.25, -0.2) is 0 Å². The van der Waals surface area contributed by atoms with E-state index in [2.05, 4.69) is 4.40 Å². The molecule has 142 valence electrons. The lowest BCUT2D eigenvalue weighted by Gasteiger charge is -2.19. The summed E-state index contributed by atoms with van der Waals surface area (Å²) >= 11 is 4.72. The molecule has 0 aliphatic carbocycles. The summed E-state index contributed by atoms with van der Waals surface area (Å²) in [5, 5.41) is 0.550. The summed E-state index contributed by atoms with van der Waals surface area (Å²) in [7, 11) is 0. The minimum absolute atomic E-state index is 0.0526. The van der Waals surface area contributed by atoms with Crippen LogP contribution in [0.3, 0.4) is 0 Å². The van der Waals surface area contributed by atoms with E-state index in [0.717, 1.165) is 28.9 Å². The van der Waals surface area contributed by atoms with Gasteiger partial charge in [-0.15, -0.1) is 0 Å². The molecule has 0 fully saturated rings. The smallest absolute Gasteiger partial charge is 0.258 e. The fourth-order valence-electron chi connectivity index (χ4n) is 2.93. The number of carbonyl (C=O) groups is 1. The van der Waals surface area contributed by atoms with Crippen LogP contribution in [0.15, 0.2) is 46.9 Å². The monoisotopic (exact) mass is 402 g/mol. The maximum absolute atomic E-state index is 12.8. The van der Waals surface area contributed by atoms with Crippen molar-refractivity contribution in [3.8, 4) is 0 Å². The van der Waals surface area contributed by atoms with Crippen molar-refractivity contribution in [2.75, 3.05) is 11.4 Å². The second kappa shape index (κ2) is 7.66. The van der Waals surface area contributed by atoms with Crippen LogP contribution in [-0.2, 0) is 17.8 Å². The lowest BCUT2D eigenvalue weighted by atomic mass is 10.1. The average Bonchev–Trinajstić information content (AvgIpc) is 3.03. The SMILES string of the molecule is CC(=N[S+]([O-])C(C)(C)C)c1ccc2c(c1)CCN2C(=O)c1cccc(Cl)c1. The Hall–Kier alpha value is -1.82. The van der Waals surface area contributed by atoms with Crippen LogP contribution >= 0.6 is 11.6 Å². The summed E-state index contributed by atoms with van der Waals surface area (Å²) in [6.07, 6.45) is 0.783. The number of hydrogen-bond acceptors (Lipinski definition) is 3. The molecule has 0 saturated heterocycles. The molecule has 1 aliphatic rings. The van der Waals surface area contributed by atoms with Crippen molar-refractivity contribution in [2.24, 2.45) is 4.40 Å². The average molecular weight is 403 g/mol. The lowest BCUT2D eigenvalue weighted by molar-refractivity contribution is 0.0989. The van der Waals surface area contributed by atoms with Gasteiger partial charge >= 0.3 is 0 Å². The molecule has 0 spiro atoms. The van der Waals surface area contributed by atoms with Crippen LogP contribution in [-0.4, -0.2) is 27.5 Å². The first kappa shape index (κ1) is 19.9. The number of hydrogen-bond donors (Lipinski definition) is 0. The highest BCUT2D eigenvalue weighted by molar-refractivity contribution is 7.91. The molecule has 0 saturated carbocycles. The van der Waals surface area contributed by atoms with E-state index in [9.17, 15) is 9.35 Å². The van der Waals surface area contributed by atoms with Crippen molar-refractivity contribution < 1.29 is 9.35 Å². The quantitative estimate of drug-likeness (QED) is 0.546. The minimum atomic E-state index is -1.30. The Morgan fingerprint density at radius 2 is 1.93 bits per heavy atom. The van der Waals surface area contributed by atoms with Crippen molar-refractivity contribution in [2.45, 2.75) is 38.9 Å². The second-order valence-corrected chi connectivity index (χ2v) is 9.94. The third-order valence-electron chi connectivity index (χ3n) is 4.45. The molecule has 6 heteroatoms. The normalized spacial score (nSPS) is 15.6. The Labute approximate surface area is 168 Å². The number of halogens is 1. The van der Waals surface area contributed by atoms with Crippen LogP contribution in [0.2, 0.25) is 5.02 Å². The van der Waals surface area contributed by atoms with E-state index in [1.54, 1.807) is 29.2 Å². The lowest BCUT2D eigenvalue weighted by Crippen LogP contribution is -2.28. The Morgan fingerprint density at radius 3 is 2.59 bits per heavy atom. The molecule has 1 heterocycles. The van der Waals surface area contributed by atoms with Gasteiger partial charge in [0.25, 0.3) is 5.91 Å². The number of anilines is 1. The minimum Gasteiger partial charge on any atom is -0.591 e. The van der Waals surface area contributed by atoms with Gasteiger partial charge in [0.2, 0.25) is 0 Å². The number of amides is 1. The summed E-state index contributed by atoms with van der Waals surface area (Å²) in [4.78, 5) is 14.6. The van der Waals surface area contributed by atoms with Crippen LogP contribution in [0.4, 0.5) is 5.69 Å². The van der Waals surface area contributed by atoms with Gasteiger partial charge in [-0.3, -0.25) is 4.79 Å². The second-order valence-electron chi connectivity index (χ2n) is 7.60. The zero-order chi connectivity index (χ0) is 19.8. The highest BCUT2D eigenvalue weighted by atomic mass is 35.5. The van der Waals surface area contributed by atoms with Crippen molar-refractivity contribution in [3.63, 3.8) is 0 Å². The van der Waals surface area contributed by atoms with Gasteiger partial charge in [0.05, 0.1) is 5.71 Å². The van der Waals surface area contributed by atoms with Crippen molar-refractivity contribution in [1.29, 1.82) is 0 Å². The number of benzene rings is 2. The molecule has 27 heavy (non-hydrogen) atoms. The third-order valence-corrected chi connectivity index (χ3v) is 6.18. The molecule has 1 amide bonds. The number of rotatable bonds is 3. The molecule has 4 nitrogen and oxygen atoms in total. The van der Waals surface area contributed by atoms with Crippen LogP contribution < -0.4 is 4.90 Å². The van der Waals surface area contributed by atoms with Gasteiger partial charge in [-0.05, 0) is 70.0 Å². The fourth-order valence-corrected chi connectivity index (χ4v) is 3.75. The predicted molar refractivity (Wildman–Crippen MR) is 113 cm³/mol. The number of nitrogens with zero attached hydrogens (tertiary/aromatic N) is 2. The zero-order valence-corrected chi connectivity index (χ0v) is 17.5.